The van der Waals surface area contributed by atoms with Gasteiger partial charge in [-0.25, -0.2) is 9.59 Å². The number of carboxylic acid groups (broad SMARTS) is 1. The van der Waals surface area contributed by atoms with E-state index in [4.69, 9.17) is 10.00 Å². The van der Waals surface area contributed by atoms with Crippen molar-refractivity contribution in [1.82, 2.24) is 10.2 Å². The zero-order valence-electron chi connectivity index (χ0n) is 18.0. The summed E-state index contributed by atoms with van der Waals surface area (Å²) < 4.78 is 5.44. The Morgan fingerprint density at radius 2 is 1.72 bits per heavy atom. The lowest BCUT2D eigenvalue weighted by Crippen LogP contribution is -2.41. The smallest absolute Gasteiger partial charge is 0.407 e. The molecule has 170 valence electrons. The number of alkyl carbamates (subject to hydrolysis) is 1. The average molecular weight is 458 g/mol. The molecule has 7 nitrogen and oxygen atoms in total. The summed E-state index contributed by atoms with van der Waals surface area (Å²) in [4.78, 5) is 25.8. The summed E-state index contributed by atoms with van der Waals surface area (Å²) in [6.07, 6.45) is 0.572. The lowest BCUT2D eigenvalue weighted by Gasteiger charge is -2.19. The van der Waals surface area contributed by atoms with Crippen LogP contribution in [0.4, 0.5) is 4.79 Å². The van der Waals surface area contributed by atoms with E-state index in [1.165, 1.54) is 0 Å². The first-order valence-corrected chi connectivity index (χ1v) is 10.4. The molecule has 1 atom stereocenters. The van der Waals surface area contributed by atoms with Crippen molar-refractivity contribution in [2.24, 2.45) is 0 Å². The van der Waals surface area contributed by atoms with Gasteiger partial charge in [-0.2, -0.15) is 5.26 Å². The van der Waals surface area contributed by atoms with Crippen molar-refractivity contribution >= 4 is 24.5 Å². The zero-order chi connectivity index (χ0) is 22.2. The van der Waals surface area contributed by atoms with Crippen molar-refractivity contribution in [2.75, 3.05) is 26.7 Å². The highest BCUT2D eigenvalue weighted by Crippen LogP contribution is 2.44. The number of ether oxygens (including phenoxy) is 1. The second-order valence-corrected chi connectivity index (χ2v) is 7.71. The molecule has 2 aromatic rings. The molecule has 0 bridgehead atoms. The predicted octanol–water partition coefficient (Wildman–Crippen LogP) is 4.03. The molecule has 2 aromatic carbocycles. The topological polar surface area (TPSA) is 103 Å². The van der Waals surface area contributed by atoms with Gasteiger partial charge < -0.3 is 20.1 Å². The highest BCUT2D eigenvalue weighted by molar-refractivity contribution is 5.85. The maximum absolute atomic E-state index is 12.3. The van der Waals surface area contributed by atoms with Crippen LogP contribution in [0, 0.1) is 11.3 Å². The second-order valence-electron chi connectivity index (χ2n) is 7.71. The molecule has 0 radical (unpaired) electrons. The third-order valence-electron chi connectivity index (χ3n) is 5.57. The molecule has 2 N–H and O–H groups in total. The number of amides is 1. The fraction of sp³-hybridized carbons (Fsp3) is 0.375. The molecule has 0 saturated heterocycles. The number of benzene rings is 2. The maximum Gasteiger partial charge on any atom is 0.407 e. The Balaban J connectivity index is 0.00000363. The Bertz CT molecular complexity index is 930. The lowest BCUT2D eigenvalue weighted by atomic mass is 9.98. The number of nitrogens with zero attached hydrogens (tertiary/aromatic N) is 2. The summed E-state index contributed by atoms with van der Waals surface area (Å²) in [6.45, 7) is 1.43. The van der Waals surface area contributed by atoms with Gasteiger partial charge in [-0.3, -0.25) is 0 Å². The van der Waals surface area contributed by atoms with Gasteiger partial charge in [0.15, 0.2) is 0 Å². The van der Waals surface area contributed by atoms with Crippen molar-refractivity contribution in [3.8, 4) is 17.2 Å². The van der Waals surface area contributed by atoms with E-state index in [0.717, 1.165) is 22.3 Å². The Hall–Kier alpha value is -3.08. The molecule has 1 aliphatic carbocycles. The largest absolute Gasteiger partial charge is 0.480 e. The average Bonchev–Trinajstić information content (AvgIpc) is 3.09. The van der Waals surface area contributed by atoms with E-state index in [-0.39, 0.29) is 31.4 Å². The van der Waals surface area contributed by atoms with Crippen LogP contribution in [-0.4, -0.2) is 54.9 Å². The minimum absolute atomic E-state index is 0. The summed E-state index contributed by atoms with van der Waals surface area (Å²) in [5, 5.41) is 20.5. The number of halogens is 1. The van der Waals surface area contributed by atoms with Gasteiger partial charge in [-0.15, -0.1) is 12.4 Å². The molecular formula is C24H28ClN3O4. The molecule has 3 rings (SSSR count). The fourth-order valence-corrected chi connectivity index (χ4v) is 3.96. The minimum atomic E-state index is -1.09. The summed E-state index contributed by atoms with van der Waals surface area (Å²) >= 11 is 0. The molecule has 0 spiro atoms. The van der Waals surface area contributed by atoms with Crippen LogP contribution in [0.5, 0.6) is 0 Å². The molecule has 0 aliphatic heterocycles. The maximum atomic E-state index is 12.3. The first-order chi connectivity index (χ1) is 15.0. The molecule has 8 heteroatoms. The van der Waals surface area contributed by atoms with E-state index < -0.39 is 18.1 Å². The number of carbonyl (C=O) groups is 2. The van der Waals surface area contributed by atoms with E-state index in [1.54, 1.807) is 0 Å². The fourth-order valence-electron chi connectivity index (χ4n) is 3.96. The van der Waals surface area contributed by atoms with E-state index in [9.17, 15) is 14.7 Å². The van der Waals surface area contributed by atoms with Crippen molar-refractivity contribution in [3.63, 3.8) is 0 Å². The first kappa shape index (κ1) is 25.2. The van der Waals surface area contributed by atoms with Gasteiger partial charge in [0.05, 0.1) is 6.07 Å². The number of carbonyl (C=O) groups excluding carboxylic acids is 1. The normalized spacial score (nSPS) is 12.8. The molecule has 0 fully saturated rings. The molecule has 1 aliphatic rings. The van der Waals surface area contributed by atoms with E-state index in [1.807, 2.05) is 48.3 Å². The number of aliphatic carboxylic acids is 1. The monoisotopic (exact) mass is 457 g/mol. The van der Waals surface area contributed by atoms with Crippen molar-refractivity contribution in [1.29, 1.82) is 5.26 Å². The standard InChI is InChI=1S/C24H27N3O4.ClH/c1-27(15-7-13-25)14-6-12-22(23(28)29)26-24(30)31-16-21-19-10-4-2-8-17(19)18-9-3-5-11-20(18)21;/h2-5,8-11,21-22H,6-7,12,14-16H2,1H3,(H,26,30)(H,28,29);1H. The van der Waals surface area contributed by atoms with Gasteiger partial charge >= 0.3 is 12.1 Å². The number of nitrogens with one attached hydrogen (secondary N) is 1. The van der Waals surface area contributed by atoms with Gasteiger partial charge in [0.1, 0.15) is 12.6 Å². The van der Waals surface area contributed by atoms with E-state index in [2.05, 4.69) is 23.5 Å². The molecule has 1 amide bonds. The molecule has 0 aromatic heterocycles. The number of carboxylic acids is 1. The highest BCUT2D eigenvalue weighted by Gasteiger charge is 2.29. The Kier molecular flexibility index (Phi) is 9.51. The predicted molar refractivity (Wildman–Crippen MR) is 124 cm³/mol. The van der Waals surface area contributed by atoms with Gasteiger partial charge in [0.2, 0.25) is 0 Å². The Labute approximate surface area is 194 Å². The van der Waals surface area contributed by atoms with Gasteiger partial charge in [0.25, 0.3) is 0 Å². The van der Waals surface area contributed by atoms with Gasteiger partial charge in [-0.05, 0) is 48.7 Å². The van der Waals surface area contributed by atoms with E-state index in [0.29, 0.717) is 25.9 Å². The minimum Gasteiger partial charge on any atom is -0.480 e. The first-order valence-electron chi connectivity index (χ1n) is 10.4. The summed E-state index contributed by atoms with van der Waals surface area (Å²) in [5.41, 5.74) is 4.48. The van der Waals surface area contributed by atoms with Crippen LogP contribution >= 0.6 is 12.4 Å². The SMILES string of the molecule is CN(CCC#N)CCCC(NC(=O)OCC1c2ccccc2-c2ccccc21)C(=O)O.Cl. The third kappa shape index (κ3) is 6.22. The molecule has 32 heavy (non-hydrogen) atoms. The van der Waals surface area contributed by atoms with Gasteiger partial charge in [-0.1, -0.05) is 48.5 Å². The quantitative estimate of drug-likeness (QED) is 0.558. The number of fused-ring (bicyclic) bond motifs is 3. The number of nitriles is 1. The van der Waals surface area contributed by atoms with Crippen molar-refractivity contribution < 1.29 is 19.4 Å². The molecule has 1 unspecified atom stereocenters. The third-order valence-corrected chi connectivity index (χ3v) is 5.57. The van der Waals surface area contributed by atoms with E-state index >= 15 is 0 Å². The number of rotatable bonds is 10. The van der Waals surface area contributed by atoms with Crippen LogP contribution in [0.2, 0.25) is 0 Å². The Morgan fingerprint density at radius 1 is 1.12 bits per heavy atom. The number of hydrogen-bond donors (Lipinski definition) is 2. The molecular weight excluding hydrogens is 430 g/mol. The zero-order valence-corrected chi connectivity index (χ0v) is 18.8. The molecule has 0 heterocycles. The van der Waals surface area contributed by atoms with Crippen LogP contribution in [0.25, 0.3) is 11.1 Å². The number of hydrogen-bond acceptors (Lipinski definition) is 5. The highest BCUT2D eigenvalue weighted by atomic mass is 35.5. The summed E-state index contributed by atoms with van der Waals surface area (Å²) in [5.74, 6) is -1.16. The van der Waals surface area contributed by atoms with Crippen LogP contribution < -0.4 is 5.32 Å². The van der Waals surface area contributed by atoms with Crippen LogP contribution in [0.3, 0.4) is 0 Å². The van der Waals surface area contributed by atoms with Gasteiger partial charge in [0, 0.05) is 18.9 Å². The van der Waals surface area contributed by atoms with Crippen molar-refractivity contribution in [3.05, 3.63) is 59.7 Å². The lowest BCUT2D eigenvalue weighted by molar-refractivity contribution is -0.139. The molecule has 0 saturated carbocycles. The second kappa shape index (κ2) is 12.1. The Morgan fingerprint density at radius 3 is 2.28 bits per heavy atom. The van der Waals surface area contributed by atoms with Crippen LogP contribution in [-0.2, 0) is 9.53 Å². The van der Waals surface area contributed by atoms with Crippen molar-refractivity contribution in [2.45, 2.75) is 31.2 Å². The summed E-state index contributed by atoms with van der Waals surface area (Å²) in [6, 6.07) is 17.2. The van der Waals surface area contributed by atoms with Crippen LogP contribution in [0.15, 0.2) is 48.5 Å². The van der Waals surface area contributed by atoms with Crippen LogP contribution in [0.1, 0.15) is 36.3 Å². The summed E-state index contributed by atoms with van der Waals surface area (Å²) in [7, 11) is 1.88.